The molecule has 1 amide bonds. The van der Waals surface area contributed by atoms with E-state index in [-0.39, 0.29) is 41.7 Å². The summed E-state index contributed by atoms with van der Waals surface area (Å²) in [5, 5.41) is 11.2. The van der Waals surface area contributed by atoms with Crippen molar-refractivity contribution < 1.29 is 17.6 Å². The van der Waals surface area contributed by atoms with Crippen molar-refractivity contribution in [3.63, 3.8) is 0 Å². The van der Waals surface area contributed by atoms with Crippen molar-refractivity contribution in [2.24, 2.45) is 5.92 Å². The highest BCUT2D eigenvalue weighted by Gasteiger charge is 2.32. The van der Waals surface area contributed by atoms with E-state index in [2.05, 4.69) is 22.6 Å². The molecule has 4 rings (SSSR count). The maximum absolute atomic E-state index is 13.2. The molecule has 1 aliphatic heterocycles. The van der Waals surface area contributed by atoms with Crippen LogP contribution in [0.3, 0.4) is 0 Å². The average Bonchev–Trinajstić information content (AvgIpc) is 3.26. The van der Waals surface area contributed by atoms with E-state index in [1.165, 1.54) is 16.4 Å². The van der Waals surface area contributed by atoms with Crippen molar-refractivity contribution in [1.29, 1.82) is 0 Å². The van der Waals surface area contributed by atoms with E-state index in [1.807, 2.05) is 11.6 Å². The molecule has 0 saturated carbocycles. The van der Waals surface area contributed by atoms with E-state index in [0.717, 1.165) is 17.5 Å². The van der Waals surface area contributed by atoms with Crippen LogP contribution in [0.5, 0.6) is 0 Å². The third-order valence-electron chi connectivity index (χ3n) is 6.29. The molecule has 0 radical (unpaired) electrons. The van der Waals surface area contributed by atoms with Gasteiger partial charge in [-0.1, -0.05) is 24.3 Å². The fraction of sp³-hybridized carbons (Fsp3) is 0.435. The number of piperidine rings is 1. The Labute approximate surface area is 192 Å². The summed E-state index contributed by atoms with van der Waals surface area (Å²) in [6.07, 6.45) is 1.78. The van der Waals surface area contributed by atoms with Gasteiger partial charge in [-0.3, -0.25) is 4.79 Å². The van der Waals surface area contributed by atoms with Crippen LogP contribution in [0.1, 0.15) is 44.7 Å². The molecule has 3 aromatic rings. The molecule has 2 heterocycles. The maximum Gasteiger partial charge on any atom is 0.243 e. The second-order valence-electron chi connectivity index (χ2n) is 8.46. The highest BCUT2D eigenvalue weighted by Crippen LogP contribution is 2.27. The zero-order valence-corrected chi connectivity index (χ0v) is 19.6. The van der Waals surface area contributed by atoms with Gasteiger partial charge in [0.25, 0.3) is 0 Å². The second-order valence-corrected chi connectivity index (χ2v) is 10.4. The predicted octanol–water partition coefficient (Wildman–Crippen LogP) is 3.26. The summed E-state index contributed by atoms with van der Waals surface area (Å²) in [5.41, 5.74) is 2.16. The minimum atomic E-state index is -3.69. The van der Waals surface area contributed by atoms with E-state index in [0.29, 0.717) is 24.9 Å². The van der Waals surface area contributed by atoms with Crippen molar-refractivity contribution in [3.8, 4) is 0 Å². The molecule has 1 aliphatic rings. The molecule has 10 heteroatoms. The van der Waals surface area contributed by atoms with Gasteiger partial charge in [0.1, 0.15) is 11.3 Å². The zero-order chi connectivity index (χ0) is 23.6. The molecule has 1 fully saturated rings. The summed E-state index contributed by atoms with van der Waals surface area (Å²) in [4.78, 5) is 12.7. The van der Waals surface area contributed by atoms with Crippen LogP contribution in [0, 0.1) is 11.7 Å². The molecule has 1 aromatic heterocycles. The summed E-state index contributed by atoms with van der Waals surface area (Å²) in [7, 11) is -3.69. The van der Waals surface area contributed by atoms with Gasteiger partial charge in [-0.2, -0.15) is 4.31 Å². The van der Waals surface area contributed by atoms with Crippen LogP contribution >= 0.6 is 0 Å². The zero-order valence-electron chi connectivity index (χ0n) is 18.7. The summed E-state index contributed by atoms with van der Waals surface area (Å²) in [6, 6.07) is 11.1. The molecular weight excluding hydrogens is 445 g/mol. The van der Waals surface area contributed by atoms with E-state index in [4.69, 9.17) is 0 Å². The number of nitrogens with one attached hydrogen (secondary N) is 1. The van der Waals surface area contributed by atoms with Gasteiger partial charge in [-0.05, 0) is 62.1 Å². The molecule has 2 aromatic carbocycles. The van der Waals surface area contributed by atoms with Gasteiger partial charge in [0, 0.05) is 25.6 Å². The van der Waals surface area contributed by atoms with Crippen molar-refractivity contribution in [3.05, 3.63) is 53.8 Å². The lowest BCUT2D eigenvalue weighted by Crippen LogP contribution is -2.42. The van der Waals surface area contributed by atoms with Gasteiger partial charge in [0.05, 0.1) is 16.5 Å². The minimum Gasteiger partial charge on any atom is -0.352 e. The Kier molecular flexibility index (Phi) is 6.76. The van der Waals surface area contributed by atoms with Crippen molar-refractivity contribution in [2.45, 2.75) is 50.6 Å². The van der Waals surface area contributed by atoms with Crippen LogP contribution in [0.15, 0.2) is 47.4 Å². The Bertz CT molecular complexity index is 1230. The maximum atomic E-state index is 13.2. The lowest BCUT2D eigenvalue weighted by Gasteiger charge is -2.30. The number of halogens is 1. The van der Waals surface area contributed by atoms with Crippen molar-refractivity contribution in [2.75, 3.05) is 13.1 Å². The Morgan fingerprint density at radius 2 is 1.88 bits per heavy atom. The summed E-state index contributed by atoms with van der Waals surface area (Å²) >= 11 is 0. The van der Waals surface area contributed by atoms with Crippen LogP contribution < -0.4 is 5.32 Å². The Balaban J connectivity index is 1.38. The van der Waals surface area contributed by atoms with E-state index in [1.54, 1.807) is 30.3 Å². The monoisotopic (exact) mass is 473 g/mol. The molecule has 176 valence electrons. The Morgan fingerprint density at radius 3 is 2.55 bits per heavy atom. The van der Waals surface area contributed by atoms with Gasteiger partial charge in [0.2, 0.25) is 15.9 Å². The summed E-state index contributed by atoms with van der Waals surface area (Å²) < 4.78 is 42.6. The fourth-order valence-electron chi connectivity index (χ4n) is 4.02. The highest BCUT2D eigenvalue weighted by molar-refractivity contribution is 7.89. The third kappa shape index (κ3) is 4.91. The number of carbonyl (C=O) groups excluding carboxylic acids is 1. The quantitative estimate of drug-likeness (QED) is 0.568. The second kappa shape index (κ2) is 9.56. The number of hydrogen-bond donors (Lipinski definition) is 1. The molecule has 8 nitrogen and oxygen atoms in total. The van der Waals surface area contributed by atoms with Gasteiger partial charge in [-0.25, -0.2) is 17.5 Å². The molecule has 0 aliphatic carbocycles. The van der Waals surface area contributed by atoms with Gasteiger partial charge in [-0.15, -0.1) is 5.10 Å². The van der Waals surface area contributed by atoms with Gasteiger partial charge in [0.15, 0.2) is 0 Å². The largest absolute Gasteiger partial charge is 0.352 e. The number of sulfonamides is 1. The lowest BCUT2D eigenvalue weighted by atomic mass is 9.97. The average molecular weight is 474 g/mol. The molecule has 1 N–H and O–H groups in total. The molecular formula is C23H28FN5O3S. The summed E-state index contributed by atoms with van der Waals surface area (Å²) in [5.74, 6) is -0.688. The smallest absolute Gasteiger partial charge is 0.243 e. The predicted molar refractivity (Wildman–Crippen MR) is 122 cm³/mol. The van der Waals surface area contributed by atoms with Crippen LogP contribution in [-0.2, 0) is 21.4 Å². The molecule has 33 heavy (non-hydrogen) atoms. The number of carbonyl (C=O) groups is 1. The van der Waals surface area contributed by atoms with Crippen LogP contribution in [0.25, 0.3) is 11.0 Å². The molecule has 0 spiro atoms. The first kappa shape index (κ1) is 23.3. The number of amides is 1. The minimum absolute atomic E-state index is 0.112. The normalized spacial score (nSPS) is 16.7. The first-order valence-electron chi connectivity index (χ1n) is 11.2. The highest BCUT2D eigenvalue weighted by atomic mass is 32.2. The Morgan fingerprint density at radius 1 is 1.18 bits per heavy atom. The number of benzene rings is 2. The number of rotatable bonds is 7. The number of fused-ring (bicyclic) bond motifs is 1. The van der Waals surface area contributed by atoms with Crippen molar-refractivity contribution in [1.82, 2.24) is 24.6 Å². The van der Waals surface area contributed by atoms with Crippen LogP contribution in [0.2, 0.25) is 0 Å². The van der Waals surface area contributed by atoms with E-state index in [9.17, 15) is 17.6 Å². The molecule has 0 unspecified atom stereocenters. The molecule has 1 atom stereocenters. The molecule has 0 bridgehead atoms. The fourth-order valence-corrected chi connectivity index (χ4v) is 5.51. The van der Waals surface area contributed by atoms with Crippen LogP contribution in [0.4, 0.5) is 4.39 Å². The molecule has 1 saturated heterocycles. The van der Waals surface area contributed by atoms with E-state index >= 15 is 0 Å². The first-order valence-corrected chi connectivity index (χ1v) is 12.6. The van der Waals surface area contributed by atoms with Crippen LogP contribution in [-0.4, -0.2) is 46.7 Å². The number of hydrogen-bond acceptors (Lipinski definition) is 5. The Hall–Kier alpha value is -2.85. The standard InChI is InChI=1S/C23H28FN5O3S/c1-3-16(2)29-22-9-8-20(14-21(22)26-27-29)33(31,32)28-12-10-18(11-13-28)23(30)25-15-17-4-6-19(24)7-5-17/h4-9,14,16,18H,3,10-13,15H2,1-2H3,(H,25,30)/t16-/m0/s1. The van der Waals surface area contributed by atoms with Gasteiger partial charge >= 0.3 is 0 Å². The first-order chi connectivity index (χ1) is 15.8. The van der Waals surface area contributed by atoms with E-state index < -0.39 is 10.0 Å². The summed E-state index contributed by atoms with van der Waals surface area (Å²) in [6.45, 7) is 4.96. The topological polar surface area (TPSA) is 97.2 Å². The number of nitrogens with zero attached hydrogens (tertiary/aromatic N) is 4. The third-order valence-corrected chi connectivity index (χ3v) is 8.19. The van der Waals surface area contributed by atoms with Gasteiger partial charge < -0.3 is 5.32 Å². The SMILES string of the molecule is CC[C@H](C)n1nnc2cc(S(=O)(=O)N3CCC(C(=O)NCc4ccc(F)cc4)CC3)ccc21. The number of aromatic nitrogens is 3. The van der Waals surface area contributed by atoms with Crippen molar-refractivity contribution >= 4 is 27.0 Å². The lowest BCUT2D eigenvalue weighted by molar-refractivity contribution is -0.126.